The Bertz CT molecular complexity index is 81.0. The van der Waals surface area contributed by atoms with Crippen molar-refractivity contribution in [3.05, 3.63) is 0 Å². The number of hydrogen-bond donors (Lipinski definition) is 4. The molecule has 56 valence electrons. The van der Waals surface area contributed by atoms with Crippen LogP contribution in [0.2, 0.25) is 0 Å². The third-order valence-corrected chi connectivity index (χ3v) is 0. The van der Waals surface area contributed by atoms with Crippen molar-refractivity contribution < 1.29 is 24.6 Å². The van der Waals surface area contributed by atoms with E-state index in [9.17, 15) is 0 Å². The molecule has 8 N–H and O–H groups in total. The van der Waals surface area contributed by atoms with Crippen molar-refractivity contribution in [1.82, 2.24) is 12.3 Å². The van der Waals surface area contributed by atoms with Gasteiger partial charge in [-0.1, -0.05) is 0 Å². The van der Waals surface area contributed by atoms with Crippen LogP contribution < -0.4 is 12.3 Å². The minimum absolute atomic E-state index is 0. The van der Waals surface area contributed by atoms with E-state index in [1.54, 1.807) is 0 Å². The van der Waals surface area contributed by atoms with Crippen molar-refractivity contribution in [2.24, 2.45) is 0 Å². The zero-order valence-electron chi connectivity index (χ0n) is 4.53. The first-order chi connectivity index (χ1) is 3.15. The van der Waals surface area contributed by atoms with E-state index >= 15 is 0 Å². The largest absolute Gasteiger partial charge is 0.503 e. The Balaban J connectivity index is -0.0000000233. The molecule has 9 heavy (non-hydrogen) atoms. The number of carbonyl (C=O) groups is 1. The molecule has 0 rings (SSSR count). The first-order valence-electron chi connectivity index (χ1n) is 1.06. The Morgan fingerprint density at radius 2 is 1.11 bits per heavy atom. The highest BCUT2D eigenvalue weighted by Gasteiger charge is 1.70. The molecule has 0 saturated heterocycles. The standard InChI is InChI=1S/CH2O3.CO2.2H3N/c2-1(3)4;2-1-3;;/h(H2,2,3,4);;2*1H3. The van der Waals surface area contributed by atoms with E-state index in [0.717, 1.165) is 0 Å². The summed E-state index contributed by atoms with van der Waals surface area (Å²) in [6, 6.07) is 0. The molecular weight excluding hydrogens is 132 g/mol. The molecule has 7 heteroatoms. The summed E-state index contributed by atoms with van der Waals surface area (Å²) in [5.74, 6) is 0. The van der Waals surface area contributed by atoms with Gasteiger partial charge in [-0.3, -0.25) is 0 Å². The average Bonchev–Trinajstić information content (AvgIpc) is 1.33. The molecule has 0 heterocycles. The van der Waals surface area contributed by atoms with Crippen LogP contribution in [0, 0.1) is 0 Å². The van der Waals surface area contributed by atoms with Crippen molar-refractivity contribution in [2.75, 3.05) is 0 Å². The van der Waals surface area contributed by atoms with Crippen molar-refractivity contribution >= 4 is 12.3 Å². The second kappa shape index (κ2) is 30.9. The monoisotopic (exact) mass is 140 g/mol. The predicted molar refractivity (Wildman–Crippen MR) is 25.7 cm³/mol. The Morgan fingerprint density at radius 3 is 1.11 bits per heavy atom. The number of carboxylic acid groups (broad SMARTS) is 2. The van der Waals surface area contributed by atoms with Gasteiger partial charge in [0.2, 0.25) is 0 Å². The molecule has 7 nitrogen and oxygen atoms in total. The van der Waals surface area contributed by atoms with Crippen LogP contribution in [0.1, 0.15) is 0 Å². The van der Waals surface area contributed by atoms with Gasteiger partial charge in [-0.2, -0.15) is 9.59 Å². The van der Waals surface area contributed by atoms with E-state index in [2.05, 4.69) is 0 Å². The first kappa shape index (κ1) is 25.6. The summed E-state index contributed by atoms with van der Waals surface area (Å²) in [5, 5.41) is 13.9. The summed E-state index contributed by atoms with van der Waals surface area (Å²) < 4.78 is 0. The lowest BCUT2D eigenvalue weighted by molar-refractivity contribution is -0.191. The van der Waals surface area contributed by atoms with Crippen LogP contribution in [0.3, 0.4) is 0 Å². The van der Waals surface area contributed by atoms with Crippen LogP contribution in [0.4, 0.5) is 4.79 Å². The number of rotatable bonds is 0. The summed E-state index contributed by atoms with van der Waals surface area (Å²) in [6.07, 6.45) is -1.58. The molecule has 0 unspecified atom stereocenters. The van der Waals surface area contributed by atoms with Crippen molar-refractivity contribution in [1.29, 1.82) is 0 Å². The van der Waals surface area contributed by atoms with Crippen LogP contribution in [-0.4, -0.2) is 22.5 Å². The smallest absolute Gasteiger partial charge is 0.450 e. The zero-order chi connectivity index (χ0) is 6.28. The Morgan fingerprint density at radius 1 is 1.11 bits per heavy atom. The van der Waals surface area contributed by atoms with Gasteiger partial charge in [-0.05, 0) is 0 Å². The summed E-state index contributed by atoms with van der Waals surface area (Å²) >= 11 is 0. The van der Waals surface area contributed by atoms with Gasteiger partial charge in [0.25, 0.3) is 0 Å². The highest BCUT2D eigenvalue weighted by atomic mass is 16.6. The zero-order valence-corrected chi connectivity index (χ0v) is 4.53. The lowest BCUT2D eigenvalue weighted by atomic mass is 11.5. The van der Waals surface area contributed by atoms with E-state index in [1.807, 2.05) is 0 Å². The quantitative estimate of drug-likeness (QED) is 0.366. The molecule has 0 atom stereocenters. The van der Waals surface area contributed by atoms with E-state index in [-0.39, 0.29) is 18.5 Å². The molecule has 0 aliphatic rings. The fraction of sp³-hybridized carbons (Fsp3) is 0. The Labute approximate surface area is 50.5 Å². The minimum atomic E-state index is -1.83. The van der Waals surface area contributed by atoms with Crippen molar-refractivity contribution in [3.63, 3.8) is 0 Å². The Kier molecular flexibility index (Phi) is 87.9. The van der Waals surface area contributed by atoms with Gasteiger partial charge >= 0.3 is 12.3 Å². The van der Waals surface area contributed by atoms with E-state index < -0.39 is 6.16 Å². The summed E-state index contributed by atoms with van der Waals surface area (Å²) in [5.41, 5.74) is 0. The van der Waals surface area contributed by atoms with Crippen LogP contribution in [0.5, 0.6) is 0 Å². The van der Waals surface area contributed by atoms with Gasteiger partial charge in [0, 0.05) is 0 Å². The molecule has 0 aromatic carbocycles. The van der Waals surface area contributed by atoms with Gasteiger partial charge < -0.3 is 22.5 Å². The van der Waals surface area contributed by atoms with Crippen LogP contribution in [-0.2, 0) is 9.59 Å². The second-order valence-electron chi connectivity index (χ2n) is 0.366. The summed E-state index contributed by atoms with van der Waals surface area (Å²) in [6.45, 7) is 0. The third kappa shape index (κ3) is 67.1. The maximum atomic E-state index is 8.56. The topological polar surface area (TPSA) is 162 Å². The third-order valence-electron chi connectivity index (χ3n) is 0. The van der Waals surface area contributed by atoms with Crippen molar-refractivity contribution in [3.8, 4) is 0 Å². The first-order valence-corrected chi connectivity index (χ1v) is 1.06. The highest BCUT2D eigenvalue weighted by molar-refractivity contribution is 5.53. The lowest BCUT2D eigenvalue weighted by Crippen LogP contribution is -1.81. The molecule has 0 aliphatic heterocycles. The van der Waals surface area contributed by atoms with Gasteiger partial charge in [0.1, 0.15) is 0 Å². The number of carbonyl (C=O) groups excluding carboxylic acids is 2. The molecule has 0 radical (unpaired) electrons. The van der Waals surface area contributed by atoms with E-state index in [0.29, 0.717) is 0 Å². The SMILES string of the molecule is N.N.O=C(O)O.O=C=O. The predicted octanol–water partition coefficient (Wildman–Crippen LogP) is -0.0371. The van der Waals surface area contributed by atoms with Gasteiger partial charge in [-0.15, -0.1) is 0 Å². The lowest BCUT2D eigenvalue weighted by Gasteiger charge is -1.60. The fourth-order valence-electron chi connectivity index (χ4n) is 0. The van der Waals surface area contributed by atoms with Gasteiger partial charge in [-0.25, -0.2) is 4.79 Å². The summed E-state index contributed by atoms with van der Waals surface area (Å²) in [7, 11) is 0. The molecule has 0 saturated carbocycles. The van der Waals surface area contributed by atoms with Crippen LogP contribution in [0.15, 0.2) is 0 Å². The van der Waals surface area contributed by atoms with Crippen molar-refractivity contribution in [2.45, 2.75) is 0 Å². The molecule has 0 spiro atoms. The molecule has 0 fully saturated rings. The minimum Gasteiger partial charge on any atom is -0.450 e. The maximum absolute atomic E-state index is 8.56. The molecule has 0 aromatic heterocycles. The van der Waals surface area contributed by atoms with Crippen LogP contribution in [0.25, 0.3) is 0 Å². The van der Waals surface area contributed by atoms with E-state index in [1.165, 1.54) is 0 Å². The molecular formula is C2H8N2O5. The normalized spacial score (nSPS) is 3.56. The average molecular weight is 140 g/mol. The Hall–Kier alpha value is -1.43. The maximum Gasteiger partial charge on any atom is 0.503 e. The fourth-order valence-corrected chi connectivity index (χ4v) is 0. The molecule has 0 aromatic rings. The molecule has 0 amide bonds. The van der Waals surface area contributed by atoms with Gasteiger partial charge in [0.05, 0.1) is 0 Å². The summed E-state index contributed by atoms with van der Waals surface area (Å²) in [4.78, 5) is 24.8. The molecule has 0 bridgehead atoms. The highest BCUT2D eigenvalue weighted by Crippen LogP contribution is 1.42. The second-order valence-corrected chi connectivity index (χ2v) is 0.366. The molecule has 0 aliphatic carbocycles. The number of hydrogen-bond acceptors (Lipinski definition) is 5. The van der Waals surface area contributed by atoms with Gasteiger partial charge in [0.15, 0.2) is 0 Å². The van der Waals surface area contributed by atoms with E-state index in [4.69, 9.17) is 24.6 Å². The van der Waals surface area contributed by atoms with Crippen LogP contribution >= 0.6 is 0 Å².